The molecule has 0 heterocycles. The third-order valence-corrected chi connectivity index (χ3v) is 3.24. The average Bonchev–Trinajstić information content (AvgIpc) is 2.18. The molecule has 0 saturated heterocycles. The molecule has 0 aliphatic carbocycles. The number of hydrogen-bond acceptors (Lipinski definition) is 2. The topological polar surface area (TPSA) is 26.0 Å². The van der Waals surface area contributed by atoms with Gasteiger partial charge >= 0.3 is 0 Å². The minimum Gasteiger partial charge on any atom is -0.323 e. The molecule has 0 bridgehead atoms. The normalized spacial score (nSPS) is 12.8. The molecule has 0 aromatic heterocycles. The Morgan fingerprint density at radius 2 is 2.14 bits per heavy atom. The molecule has 14 heavy (non-hydrogen) atoms. The zero-order valence-electron chi connectivity index (χ0n) is 8.37. The van der Waals surface area contributed by atoms with Crippen LogP contribution in [0.3, 0.4) is 0 Å². The van der Waals surface area contributed by atoms with E-state index in [1.807, 2.05) is 6.07 Å². The van der Waals surface area contributed by atoms with Crippen molar-refractivity contribution in [3.05, 3.63) is 35.6 Å². The van der Waals surface area contributed by atoms with E-state index in [0.29, 0.717) is 5.56 Å². The molecular weight excluding hydrogens is 197 g/mol. The molecule has 0 spiro atoms. The zero-order valence-corrected chi connectivity index (χ0v) is 9.19. The summed E-state index contributed by atoms with van der Waals surface area (Å²) < 4.78 is 13.3. The van der Waals surface area contributed by atoms with E-state index in [4.69, 9.17) is 5.73 Å². The Morgan fingerprint density at radius 1 is 1.43 bits per heavy atom. The lowest BCUT2D eigenvalue weighted by atomic mass is 10.1. The van der Waals surface area contributed by atoms with E-state index in [9.17, 15) is 4.39 Å². The van der Waals surface area contributed by atoms with Crippen molar-refractivity contribution in [1.82, 2.24) is 0 Å². The highest BCUT2D eigenvalue weighted by atomic mass is 32.2. The molecule has 0 saturated carbocycles. The van der Waals surface area contributed by atoms with Gasteiger partial charge in [0.15, 0.2) is 0 Å². The molecule has 0 fully saturated rings. The highest BCUT2D eigenvalue weighted by molar-refractivity contribution is 7.99. The van der Waals surface area contributed by atoms with Gasteiger partial charge in [0, 0.05) is 17.4 Å². The second-order valence-corrected chi connectivity index (χ2v) is 4.35. The van der Waals surface area contributed by atoms with Crippen LogP contribution in [0.25, 0.3) is 0 Å². The summed E-state index contributed by atoms with van der Waals surface area (Å²) in [4.78, 5) is 0. The molecule has 1 unspecified atom stereocenters. The first-order valence-corrected chi connectivity index (χ1v) is 5.99. The number of halogens is 1. The molecule has 1 rings (SSSR count). The van der Waals surface area contributed by atoms with Crippen LogP contribution in [0.2, 0.25) is 0 Å². The summed E-state index contributed by atoms with van der Waals surface area (Å²) in [5.74, 6) is 1.67. The Hall–Kier alpha value is -0.540. The standard InChI is InChI=1S/C11H16FNS/c1-2-7-14-8-11(13)9-5-3-4-6-10(9)12/h3-6,11H,2,7-8,13H2,1H3. The number of benzene rings is 1. The van der Waals surface area contributed by atoms with Gasteiger partial charge in [-0.05, 0) is 18.2 Å². The first-order valence-electron chi connectivity index (χ1n) is 4.83. The summed E-state index contributed by atoms with van der Waals surface area (Å²) in [6, 6.07) is 6.53. The van der Waals surface area contributed by atoms with Crippen molar-refractivity contribution in [1.29, 1.82) is 0 Å². The van der Waals surface area contributed by atoms with Crippen molar-refractivity contribution in [2.24, 2.45) is 5.73 Å². The minimum absolute atomic E-state index is 0.187. The zero-order chi connectivity index (χ0) is 10.4. The van der Waals surface area contributed by atoms with Gasteiger partial charge < -0.3 is 5.73 Å². The Labute approximate surface area is 88.9 Å². The number of rotatable bonds is 5. The van der Waals surface area contributed by atoms with E-state index in [-0.39, 0.29) is 11.9 Å². The lowest BCUT2D eigenvalue weighted by Crippen LogP contribution is -2.14. The summed E-state index contributed by atoms with van der Waals surface area (Å²) in [7, 11) is 0. The van der Waals surface area contributed by atoms with Crippen LogP contribution in [0.1, 0.15) is 24.9 Å². The van der Waals surface area contributed by atoms with Gasteiger partial charge in [-0.3, -0.25) is 0 Å². The molecule has 1 aromatic carbocycles. The Bertz CT molecular complexity index is 278. The monoisotopic (exact) mass is 213 g/mol. The van der Waals surface area contributed by atoms with Gasteiger partial charge in [0.25, 0.3) is 0 Å². The fraction of sp³-hybridized carbons (Fsp3) is 0.455. The average molecular weight is 213 g/mol. The van der Waals surface area contributed by atoms with Crippen molar-refractivity contribution < 1.29 is 4.39 Å². The third kappa shape index (κ3) is 3.31. The summed E-state index contributed by atoms with van der Waals surface area (Å²) in [5, 5.41) is 0. The SMILES string of the molecule is CCCSCC(N)c1ccccc1F. The molecule has 0 amide bonds. The molecular formula is C11H16FNS. The second-order valence-electron chi connectivity index (χ2n) is 3.20. The number of thioether (sulfide) groups is 1. The van der Waals surface area contributed by atoms with E-state index in [2.05, 4.69) is 6.92 Å². The highest BCUT2D eigenvalue weighted by Gasteiger charge is 2.09. The fourth-order valence-electron chi connectivity index (χ4n) is 1.22. The quantitative estimate of drug-likeness (QED) is 0.761. The largest absolute Gasteiger partial charge is 0.323 e. The molecule has 3 heteroatoms. The van der Waals surface area contributed by atoms with E-state index < -0.39 is 0 Å². The van der Waals surface area contributed by atoms with Crippen molar-refractivity contribution in [2.75, 3.05) is 11.5 Å². The van der Waals surface area contributed by atoms with Gasteiger partial charge in [-0.2, -0.15) is 11.8 Å². The van der Waals surface area contributed by atoms with Crippen LogP contribution in [0.15, 0.2) is 24.3 Å². The number of nitrogens with two attached hydrogens (primary N) is 1. The molecule has 1 nitrogen and oxygen atoms in total. The molecule has 78 valence electrons. The Morgan fingerprint density at radius 3 is 2.79 bits per heavy atom. The molecule has 0 radical (unpaired) electrons. The number of hydrogen-bond donors (Lipinski definition) is 1. The summed E-state index contributed by atoms with van der Waals surface area (Å²) in [5.41, 5.74) is 6.50. The van der Waals surface area contributed by atoms with E-state index in [1.165, 1.54) is 6.07 Å². The van der Waals surface area contributed by atoms with Crippen LogP contribution in [-0.2, 0) is 0 Å². The van der Waals surface area contributed by atoms with Crippen LogP contribution in [0.4, 0.5) is 4.39 Å². The van der Waals surface area contributed by atoms with E-state index in [0.717, 1.165) is 17.9 Å². The van der Waals surface area contributed by atoms with Crippen LogP contribution in [0.5, 0.6) is 0 Å². The molecule has 1 atom stereocenters. The van der Waals surface area contributed by atoms with Gasteiger partial charge in [-0.25, -0.2) is 4.39 Å². The molecule has 1 aromatic rings. The van der Waals surface area contributed by atoms with Gasteiger partial charge in [0.05, 0.1) is 0 Å². The van der Waals surface area contributed by atoms with E-state index in [1.54, 1.807) is 23.9 Å². The van der Waals surface area contributed by atoms with Crippen LogP contribution in [0, 0.1) is 5.82 Å². The van der Waals surface area contributed by atoms with Crippen molar-refractivity contribution in [3.8, 4) is 0 Å². The van der Waals surface area contributed by atoms with Crippen molar-refractivity contribution >= 4 is 11.8 Å². The summed E-state index contributed by atoms with van der Waals surface area (Å²) in [6.07, 6.45) is 1.13. The smallest absolute Gasteiger partial charge is 0.128 e. The molecule has 0 aliphatic rings. The maximum absolute atomic E-state index is 13.3. The molecule has 0 aliphatic heterocycles. The first kappa shape index (κ1) is 11.5. The Balaban J connectivity index is 2.51. The summed E-state index contributed by atoms with van der Waals surface area (Å²) >= 11 is 1.77. The van der Waals surface area contributed by atoms with Gasteiger partial charge in [-0.1, -0.05) is 25.1 Å². The van der Waals surface area contributed by atoms with Crippen molar-refractivity contribution in [3.63, 3.8) is 0 Å². The van der Waals surface area contributed by atoms with Gasteiger partial charge in [-0.15, -0.1) is 0 Å². The lowest BCUT2D eigenvalue weighted by Gasteiger charge is -2.11. The Kier molecular flexibility index (Phi) is 4.98. The van der Waals surface area contributed by atoms with Crippen LogP contribution >= 0.6 is 11.8 Å². The third-order valence-electron chi connectivity index (χ3n) is 1.95. The van der Waals surface area contributed by atoms with Crippen LogP contribution in [-0.4, -0.2) is 11.5 Å². The van der Waals surface area contributed by atoms with E-state index >= 15 is 0 Å². The summed E-state index contributed by atoms with van der Waals surface area (Å²) in [6.45, 7) is 2.13. The first-order chi connectivity index (χ1) is 6.75. The maximum atomic E-state index is 13.3. The minimum atomic E-state index is -0.197. The predicted octanol–water partition coefficient (Wildman–Crippen LogP) is 2.97. The second kappa shape index (κ2) is 6.04. The van der Waals surface area contributed by atoms with Crippen molar-refractivity contribution in [2.45, 2.75) is 19.4 Å². The lowest BCUT2D eigenvalue weighted by molar-refractivity contribution is 0.595. The fourth-order valence-corrected chi connectivity index (χ4v) is 2.11. The van der Waals surface area contributed by atoms with Gasteiger partial charge in [0.2, 0.25) is 0 Å². The van der Waals surface area contributed by atoms with Gasteiger partial charge in [0.1, 0.15) is 5.82 Å². The predicted molar refractivity (Wildman–Crippen MR) is 60.9 cm³/mol. The molecule has 2 N–H and O–H groups in total. The maximum Gasteiger partial charge on any atom is 0.128 e. The highest BCUT2D eigenvalue weighted by Crippen LogP contribution is 2.18. The van der Waals surface area contributed by atoms with Crippen LogP contribution < -0.4 is 5.73 Å².